The molecule has 1 aromatic rings. The Kier molecular flexibility index (Phi) is 10.4. The number of hydrogen-bond donors (Lipinski definition) is 2. The van der Waals surface area contributed by atoms with Crippen molar-refractivity contribution in [3.63, 3.8) is 0 Å². The summed E-state index contributed by atoms with van der Waals surface area (Å²) in [4.78, 5) is 0. The fourth-order valence-electron chi connectivity index (χ4n) is 2.94. The largest absolute Gasteiger partial charge is 0.508 e. The van der Waals surface area contributed by atoms with Crippen molar-refractivity contribution in [1.29, 1.82) is 0 Å². The summed E-state index contributed by atoms with van der Waals surface area (Å²) >= 11 is 0. The topological polar surface area (TPSA) is 40.5 Å². The monoisotopic (exact) mass is 382 g/mol. The molecule has 0 bridgehead atoms. The van der Waals surface area contributed by atoms with Crippen molar-refractivity contribution >= 4 is 0 Å². The van der Waals surface area contributed by atoms with Crippen molar-refractivity contribution in [1.82, 2.24) is 0 Å². The van der Waals surface area contributed by atoms with Crippen LogP contribution in [0, 0.1) is 0 Å². The summed E-state index contributed by atoms with van der Waals surface area (Å²) in [6.45, 7) is 12.7. The first-order valence-corrected chi connectivity index (χ1v) is 10.3. The number of allylic oxidation sites excluding steroid dienone is 8. The van der Waals surface area contributed by atoms with Gasteiger partial charge in [-0.25, -0.2) is 0 Å². The van der Waals surface area contributed by atoms with Crippen molar-refractivity contribution in [2.75, 3.05) is 0 Å². The van der Waals surface area contributed by atoms with E-state index >= 15 is 0 Å². The highest BCUT2D eigenvalue weighted by Crippen LogP contribution is 2.29. The molecule has 0 aliphatic carbocycles. The van der Waals surface area contributed by atoms with Gasteiger partial charge in [0.1, 0.15) is 11.5 Å². The van der Waals surface area contributed by atoms with Gasteiger partial charge in [0.2, 0.25) is 0 Å². The minimum absolute atomic E-state index is 0.261. The lowest BCUT2D eigenvalue weighted by molar-refractivity contribution is 0.451. The number of phenols is 2. The fourth-order valence-corrected chi connectivity index (χ4v) is 2.94. The lowest BCUT2D eigenvalue weighted by Crippen LogP contribution is -1.90. The third-order valence-electron chi connectivity index (χ3n) is 4.80. The van der Waals surface area contributed by atoms with Crippen LogP contribution in [0.1, 0.15) is 78.4 Å². The van der Waals surface area contributed by atoms with Crippen LogP contribution in [0.15, 0.2) is 58.7 Å². The van der Waals surface area contributed by atoms with E-state index < -0.39 is 0 Å². The summed E-state index contributed by atoms with van der Waals surface area (Å²) < 4.78 is 0. The van der Waals surface area contributed by atoms with Crippen LogP contribution >= 0.6 is 0 Å². The minimum Gasteiger partial charge on any atom is -0.508 e. The highest BCUT2D eigenvalue weighted by Gasteiger charge is 2.07. The molecule has 0 fully saturated rings. The molecule has 0 aliphatic heterocycles. The van der Waals surface area contributed by atoms with Crippen molar-refractivity contribution in [2.45, 2.75) is 80.1 Å². The van der Waals surface area contributed by atoms with Crippen LogP contribution in [0.4, 0.5) is 0 Å². The average molecular weight is 383 g/mol. The third-order valence-corrected chi connectivity index (χ3v) is 4.80. The Hall–Kier alpha value is -2.22. The first-order valence-electron chi connectivity index (χ1n) is 10.3. The standard InChI is InChI=1S/C26H38O2/c1-19(2)9-7-11-21(5)13-15-23-17-26(28)24(18-25(23)27)16-14-22(6)12-8-10-20(3)4/h9-10,13-14,17-18,27-28H,7-8,11-12,15-16H2,1-6H3. The van der Waals surface area contributed by atoms with E-state index in [4.69, 9.17) is 0 Å². The minimum atomic E-state index is 0.261. The van der Waals surface area contributed by atoms with Crippen LogP contribution in [-0.2, 0) is 12.8 Å². The van der Waals surface area contributed by atoms with Gasteiger partial charge in [0, 0.05) is 11.1 Å². The molecule has 0 atom stereocenters. The zero-order valence-electron chi connectivity index (χ0n) is 18.6. The summed E-state index contributed by atoms with van der Waals surface area (Å²) in [5.41, 5.74) is 6.82. The van der Waals surface area contributed by atoms with Crippen molar-refractivity contribution in [2.24, 2.45) is 0 Å². The molecule has 154 valence electrons. The number of rotatable bonds is 10. The predicted octanol–water partition coefficient (Wildman–Crippen LogP) is 7.57. The lowest BCUT2D eigenvalue weighted by Gasteiger charge is -2.09. The molecule has 0 amide bonds. The number of aromatic hydroxyl groups is 2. The summed E-state index contributed by atoms with van der Waals surface area (Å²) in [6, 6.07) is 3.41. The maximum atomic E-state index is 10.4. The van der Waals surface area contributed by atoms with Gasteiger partial charge < -0.3 is 10.2 Å². The second kappa shape index (κ2) is 12.3. The molecule has 0 heterocycles. The number of hydrogen-bond acceptors (Lipinski definition) is 2. The van der Waals surface area contributed by atoms with Gasteiger partial charge in [-0.15, -0.1) is 0 Å². The molecule has 0 saturated heterocycles. The van der Waals surface area contributed by atoms with Gasteiger partial charge >= 0.3 is 0 Å². The van der Waals surface area contributed by atoms with Crippen LogP contribution < -0.4 is 0 Å². The molecule has 1 aromatic carbocycles. The zero-order valence-corrected chi connectivity index (χ0v) is 18.6. The SMILES string of the molecule is CC(C)=CCCC(C)=CCc1cc(O)c(CC=C(C)CCC=C(C)C)cc1O. The molecular weight excluding hydrogens is 344 g/mol. The number of phenolic OH excluding ortho intramolecular Hbond substituents is 2. The molecule has 0 saturated carbocycles. The Morgan fingerprint density at radius 3 is 1.32 bits per heavy atom. The molecule has 0 radical (unpaired) electrons. The average Bonchev–Trinajstić information content (AvgIpc) is 2.60. The highest BCUT2D eigenvalue weighted by atomic mass is 16.3. The molecule has 2 nitrogen and oxygen atoms in total. The van der Waals surface area contributed by atoms with Gasteiger partial charge in [0.05, 0.1) is 0 Å². The molecule has 0 spiro atoms. The zero-order chi connectivity index (χ0) is 21.1. The van der Waals surface area contributed by atoms with Crippen LogP contribution in [0.5, 0.6) is 11.5 Å². The molecular formula is C26H38O2. The third kappa shape index (κ3) is 9.64. The molecule has 0 aromatic heterocycles. The van der Waals surface area contributed by atoms with Crippen molar-refractivity contribution in [3.8, 4) is 11.5 Å². The van der Waals surface area contributed by atoms with Gasteiger partial charge in [0.25, 0.3) is 0 Å². The van der Waals surface area contributed by atoms with Crippen LogP contribution in [0.3, 0.4) is 0 Å². The van der Waals surface area contributed by atoms with Crippen molar-refractivity contribution in [3.05, 3.63) is 69.9 Å². The quantitative estimate of drug-likeness (QED) is 0.323. The van der Waals surface area contributed by atoms with Crippen LogP contribution in [0.25, 0.3) is 0 Å². The van der Waals surface area contributed by atoms with Crippen LogP contribution in [0.2, 0.25) is 0 Å². The van der Waals surface area contributed by atoms with E-state index in [-0.39, 0.29) is 11.5 Å². The van der Waals surface area contributed by atoms with Gasteiger partial charge in [-0.1, -0.05) is 46.6 Å². The highest BCUT2D eigenvalue weighted by molar-refractivity contribution is 5.46. The number of benzene rings is 1. The molecule has 1 rings (SSSR count). The first-order chi connectivity index (χ1) is 13.2. The Bertz CT molecular complexity index is 687. The molecule has 28 heavy (non-hydrogen) atoms. The Morgan fingerprint density at radius 2 is 1.00 bits per heavy atom. The van der Waals surface area contributed by atoms with Gasteiger partial charge in [0.15, 0.2) is 0 Å². The summed E-state index contributed by atoms with van der Waals surface area (Å²) in [6.07, 6.45) is 14.2. The second-order valence-electron chi connectivity index (χ2n) is 8.26. The molecule has 2 heteroatoms. The predicted molar refractivity (Wildman–Crippen MR) is 122 cm³/mol. The Morgan fingerprint density at radius 1 is 0.643 bits per heavy atom. The van der Waals surface area contributed by atoms with E-state index in [0.717, 1.165) is 36.8 Å². The van der Waals surface area contributed by atoms with Gasteiger partial charge in [-0.2, -0.15) is 0 Å². The second-order valence-corrected chi connectivity index (χ2v) is 8.26. The summed E-state index contributed by atoms with van der Waals surface area (Å²) in [7, 11) is 0. The van der Waals surface area contributed by atoms with E-state index in [9.17, 15) is 10.2 Å². The molecule has 2 N–H and O–H groups in total. The summed E-state index contributed by atoms with van der Waals surface area (Å²) in [5.74, 6) is 0.522. The van der Waals surface area contributed by atoms with E-state index in [1.165, 1.54) is 22.3 Å². The van der Waals surface area contributed by atoms with Gasteiger partial charge in [-0.3, -0.25) is 0 Å². The molecule has 0 unspecified atom stereocenters. The Balaban J connectivity index is 2.71. The van der Waals surface area contributed by atoms with Crippen molar-refractivity contribution < 1.29 is 10.2 Å². The molecule has 0 aliphatic rings. The van der Waals surface area contributed by atoms with E-state index in [1.54, 1.807) is 12.1 Å². The van der Waals surface area contributed by atoms with Crippen LogP contribution in [-0.4, -0.2) is 10.2 Å². The lowest BCUT2D eigenvalue weighted by atomic mass is 10.0. The van der Waals surface area contributed by atoms with Gasteiger partial charge in [-0.05, 0) is 92.2 Å². The Labute approximate surface area is 172 Å². The smallest absolute Gasteiger partial charge is 0.119 e. The maximum absolute atomic E-state index is 10.4. The van der Waals surface area contributed by atoms with E-state index in [0.29, 0.717) is 12.8 Å². The first kappa shape index (κ1) is 23.8. The van der Waals surface area contributed by atoms with E-state index in [2.05, 4.69) is 65.8 Å². The summed E-state index contributed by atoms with van der Waals surface area (Å²) in [5, 5.41) is 20.7. The maximum Gasteiger partial charge on any atom is 0.119 e. The van der Waals surface area contributed by atoms with E-state index in [1.807, 2.05) is 0 Å². The fraction of sp³-hybridized carbons (Fsp3) is 0.462. The normalized spacial score (nSPS) is 12.1.